The largest absolute Gasteiger partial charge is 0.354 e. The fourth-order valence-electron chi connectivity index (χ4n) is 1.77. The minimum atomic E-state index is -0.397. The Bertz CT molecular complexity index is 432. The minimum Gasteiger partial charge on any atom is -0.354 e. The van der Waals surface area contributed by atoms with Crippen LogP contribution in [0.1, 0.15) is 0 Å². The van der Waals surface area contributed by atoms with Gasteiger partial charge in [0.1, 0.15) is 10.4 Å². The molecular formula is C10H13BrN4O2. The predicted octanol–water partition coefficient (Wildman–Crippen LogP) is 1.50. The lowest BCUT2D eigenvalue weighted by molar-refractivity contribution is -0.384. The Hall–Kier alpha value is -1.21. The molecule has 1 aromatic rings. The van der Waals surface area contributed by atoms with Crippen LogP contribution in [-0.2, 0) is 0 Å². The van der Waals surface area contributed by atoms with E-state index < -0.39 is 4.92 Å². The molecule has 1 aliphatic heterocycles. The second-order valence-electron chi connectivity index (χ2n) is 4.05. The summed E-state index contributed by atoms with van der Waals surface area (Å²) < 4.78 is 0.501. The van der Waals surface area contributed by atoms with Gasteiger partial charge >= 0.3 is 0 Å². The minimum absolute atomic E-state index is 0.0702. The molecule has 0 amide bonds. The van der Waals surface area contributed by atoms with Gasteiger partial charge in [-0.2, -0.15) is 0 Å². The van der Waals surface area contributed by atoms with Crippen LogP contribution in [0.3, 0.4) is 0 Å². The smallest absolute Gasteiger partial charge is 0.275 e. The molecule has 0 bridgehead atoms. The lowest BCUT2D eigenvalue weighted by Crippen LogP contribution is -2.44. The fraction of sp³-hybridized carbons (Fsp3) is 0.500. The van der Waals surface area contributed by atoms with E-state index >= 15 is 0 Å². The van der Waals surface area contributed by atoms with Gasteiger partial charge in [-0.05, 0) is 23.0 Å². The zero-order valence-corrected chi connectivity index (χ0v) is 11.1. The first kappa shape index (κ1) is 12.3. The molecule has 0 aliphatic carbocycles. The molecule has 0 spiro atoms. The summed E-state index contributed by atoms with van der Waals surface area (Å²) >= 11 is 3.21. The number of aromatic nitrogens is 1. The van der Waals surface area contributed by atoms with Crippen molar-refractivity contribution in [2.75, 3.05) is 38.1 Å². The van der Waals surface area contributed by atoms with Crippen LogP contribution in [-0.4, -0.2) is 48.0 Å². The topological polar surface area (TPSA) is 62.5 Å². The van der Waals surface area contributed by atoms with Crippen LogP contribution in [0, 0.1) is 10.1 Å². The van der Waals surface area contributed by atoms with E-state index in [0.29, 0.717) is 10.4 Å². The van der Waals surface area contributed by atoms with E-state index in [1.807, 2.05) is 0 Å². The van der Waals surface area contributed by atoms with Gasteiger partial charge in [-0.3, -0.25) is 10.1 Å². The summed E-state index contributed by atoms with van der Waals surface area (Å²) in [6, 6.07) is 2.94. The van der Waals surface area contributed by atoms with Crippen LogP contribution >= 0.6 is 15.9 Å². The van der Waals surface area contributed by atoms with E-state index in [2.05, 4.69) is 37.8 Å². The summed E-state index contributed by atoms with van der Waals surface area (Å²) in [5, 5.41) is 10.8. The van der Waals surface area contributed by atoms with E-state index in [1.165, 1.54) is 12.1 Å². The van der Waals surface area contributed by atoms with Gasteiger partial charge in [-0.25, -0.2) is 4.98 Å². The zero-order valence-electron chi connectivity index (χ0n) is 9.47. The predicted molar refractivity (Wildman–Crippen MR) is 68.3 cm³/mol. The van der Waals surface area contributed by atoms with Gasteiger partial charge in [0.15, 0.2) is 0 Å². The maximum atomic E-state index is 10.8. The van der Waals surface area contributed by atoms with Crippen molar-refractivity contribution in [3.05, 3.63) is 26.9 Å². The molecule has 1 aromatic heterocycles. The standard InChI is InChI=1S/C10H13BrN4O2/c1-13-2-4-14(5-3-13)10-7-8(15(16)17)6-9(11)12-10/h6-7H,2-5H2,1H3. The Morgan fingerprint density at radius 2 is 2.00 bits per heavy atom. The number of hydrogen-bond acceptors (Lipinski definition) is 5. The first-order chi connectivity index (χ1) is 8.06. The van der Waals surface area contributed by atoms with Gasteiger partial charge in [0.25, 0.3) is 5.69 Å². The third-order valence-electron chi connectivity index (χ3n) is 2.80. The van der Waals surface area contributed by atoms with E-state index in [1.54, 1.807) is 0 Å². The number of nitro groups is 1. The molecular weight excluding hydrogens is 288 g/mol. The molecule has 7 heteroatoms. The summed E-state index contributed by atoms with van der Waals surface area (Å²) in [5.74, 6) is 0.666. The summed E-state index contributed by atoms with van der Waals surface area (Å²) in [6.45, 7) is 3.58. The van der Waals surface area contributed by atoms with Crippen molar-refractivity contribution < 1.29 is 4.92 Å². The third kappa shape index (κ3) is 2.92. The highest BCUT2D eigenvalue weighted by Gasteiger charge is 2.18. The Kier molecular flexibility index (Phi) is 3.58. The van der Waals surface area contributed by atoms with Crippen molar-refractivity contribution in [1.29, 1.82) is 0 Å². The number of piperazine rings is 1. The SMILES string of the molecule is CN1CCN(c2cc([N+](=O)[O-])cc(Br)n2)CC1. The number of nitrogens with zero attached hydrogens (tertiary/aromatic N) is 4. The van der Waals surface area contributed by atoms with Crippen LogP contribution in [0.2, 0.25) is 0 Å². The van der Waals surface area contributed by atoms with E-state index in [-0.39, 0.29) is 5.69 Å². The lowest BCUT2D eigenvalue weighted by Gasteiger charge is -2.33. The molecule has 6 nitrogen and oxygen atoms in total. The van der Waals surface area contributed by atoms with E-state index in [0.717, 1.165) is 26.2 Å². The summed E-state index contributed by atoms with van der Waals surface area (Å²) in [6.07, 6.45) is 0. The zero-order chi connectivity index (χ0) is 12.4. The van der Waals surface area contributed by atoms with Crippen LogP contribution in [0.15, 0.2) is 16.7 Å². The maximum Gasteiger partial charge on any atom is 0.275 e. The molecule has 2 heterocycles. The van der Waals surface area contributed by atoms with Crippen molar-refractivity contribution >= 4 is 27.4 Å². The third-order valence-corrected chi connectivity index (χ3v) is 3.21. The van der Waals surface area contributed by atoms with Gasteiger partial charge in [0.05, 0.1) is 11.0 Å². The van der Waals surface area contributed by atoms with Crippen molar-refractivity contribution in [1.82, 2.24) is 9.88 Å². The van der Waals surface area contributed by atoms with Crippen LogP contribution < -0.4 is 4.90 Å². The highest BCUT2D eigenvalue weighted by molar-refractivity contribution is 9.10. The first-order valence-electron chi connectivity index (χ1n) is 5.32. The Morgan fingerprint density at radius 1 is 1.35 bits per heavy atom. The molecule has 0 atom stereocenters. The average Bonchev–Trinajstić information content (AvgIpc) is 2.29. The molecule has 92 valence electrons. The molecule has 0 aromatic carbocycles. The normalized spacial score (nSPS) is 17.2. The quantitative estimate of drug-likeness (QED) is 0.471. The second kappa shape index (κ2) is 4.97. The van der Waals surface area contributed by atoms with Gasteiger partial charge in [-0.15, -0.1) is 0 Å². The number of likely N-dealkylation sites (N-methyl/N-ethyl adjacent to an activating group) is 1. The first-order valence-corrected chi connectivity index (χ1v) is 6.11. The molecule has 17 heavy (non-hydrogen) atoms. The average molecular weight is 301 g/mol. The highest BCUT2D eigenvalue weighted by atomic mass is 79.9. The highest BCUT2D eigenvalue weighted by Crippen LogP contribution is 2.24. The molecule has 0 saturated carbocycles. The number of anilines is 1. The Morgan fingerprint density at radius 3 is 2.59 bits per heavy atom. The molecule has 2 rings (SSSR count). The van der Waals surface area contributed by atoms with E-state index in [4.69, 9.17) is 0 Å². The fourth-order valence-corrected chi connectivity index (χ4v) is 2.19. The molecule has 1 aliphatic rings. The van der Waals surface area contributed by atoms with Gasteiger partial charge in [0.2, 0.25) is 0 Å². The van der Waals surface area contributed by atoms with Crippen LogP contribution in [0.25, 0.3) is 0 Å². The van der Waals surface area contributed by atoms with Gasteiger partial charge in [-0.1, -0.05) is 0 Å². The van der Waals surface area contributed by atoms with E-state index in [9.17, 15) is 10.1 Å². The summed E-state index contributed by atoms with van der Waals surface area (Å²) in [7, 11) is 2.06. The molecule has 0 radical (unpaired) electrons. The number of hydrogen-bond donors (Lipinski definition) is 0. The van der Waals surface area contributed by atoms with Crippen LogP contribution in [0.4, 0.5) is 11.5 Å². The second-order valence-corrected chi connectivity index (χ2v) is 4.87. The Balaban J connectivity index is 2.23. The van der Waals surface area contributed by atoms with Gasteiger partial charge in [0, 0.05) is 32.2 Å². The molecule has 0 N–H and O–H groups in total. The number of rotatable bonds is 2. The van der Waals surface area contributed by atoms with Crippen LogP contribution in [0.5, 0.6) is 0 Å². The monoisotopic (exact) mass is 300 g/mol. The molecule has 1 saturated heterocycles. The van der Waals surface area contributed by atoms with Crippen molar-refractivity contribution in [2.45, 2.75) is 0 Å². The van der Waals surface area contributed by atoms with Gasteiger partial charge < -0.3 is 9.80 Å². The summed E-state index contributed by atoms with van der Waals surface area (Å²) in [4.78, 5) is 19.0. The number of pyridine rings is 1. The Labute approximate surface area is 108 Å². The van der Waals surface area contributed by atoms with Crippen molar-refractivity contribution in [3.8, 4) is 0 Å². The van der Waals surface area contributed by atoms with Crippen molar-refractivity contribution in [3.63, 3.8) is 0 Å². The number of halogens is 1. The summed E-state index contributed by atoms with van der Waals surface area (Å²) in [5.41, 5.74) is 0.0702. The van der Waals surface area contributed by atoms with Crippen molar-refractivity contribution in [2.24, 2.45) is 0 Å². The molecule has 0 unspecified atom stereocenters. The lowest BCUT2D eigenvalue weighted by atomic mass is 10.3. The molecule has 1 fully saturated rings. The maximum absolute atomic E-state index is 10.8.